The molecule has 0 aromatic heterocycles. The lowest BCUT2D eigenvalue weighted by atomic mass is 10.0. The van der Waals surface area contributed by atoms with Crippen molar-refractivity contribution in [2.24, 2.45) is 0 Å². The molecular weight excluding hydrogens is 354 g/mol. The normalized spacial score (nSPS) is 12.0. The van der Waals surface area contributed by atoms with E-state index in [2.05, 4.69) is 5.32 Å². The van der Waals surface area contributed by atoms with Crippen molar-refractivity contribution >= 4 is 28.3 Å². The number of hydrogen-bond donors (Lipinski definition) is 2. The molecule has 5 heteroatoms. The van der Waals surface area contributed by atoms with Crippen LogP contribution >= 0.6 is 0 Å². The van der Waals surface area contributed by atoms with Gasteiger partial charge in [0.2, 0.25) is 0 Å². The highest BCUT2D eigenvalue weighted by atomic mass is 16.5. The minimum Gasteiger partial charge on any atom is -0.506 e. The van der Waals surface area contributed by atoms with Crippen molar-refractivity contribution in [2.75, 3.05) is 5.32 Å². The fourth-order valence-electron chi connectivity index (χ4n) is 3.05. The molecule has 28 heavy (non-hydrogen) atoms. The summed E-state index contributed by atoms with van der Waals surface area (Å²) in [6.45, 7) is 5.58. The number of phenols is 1. The van der Waals surface area contributed by atoms with Crippen molar-refractivity contribution in [3.8, 4) is 5.75 Å². The first-order chi connectivity index (χ1) is 13.4. The zero-order valence-corrected chi connectivity index (χ0v) is 16.1. The molecule has 3 rings (SSSR count). The van der Waals surface area contributed by atoms with E-state index in [9.17, 15) is 14.7 Å². The van der Waals surface area contributed by atoms with Crippen LogP contribution in [0.25, 0.3) is 10.8 Å². The Morgan fingerprint density at radius 3 is 2.36 bits per heavy atom. The Morgan fingerprint density at radius 2 is 1.61 bits per heavy atom. The maximum atomic E-state index is 12.5. The van der Waals surface area contributed by atoms with Crippen molar-refractivity contribution in [3.63, 3.8) is 0 Å². The number of para-hydroxylation sites is 1. The Hall–Kier alpha value is -3.34. The molecule has 144 valence electrons. The summed E-state index contributed by atoms with van der Waals surface area (Å²) < 4.78 is 5.29. The molecule has 0 unspecified atom stereocenters. The minimum atomic E-state index is -1.02. The van der Waals surface area contributed by atoms with Crippen molar-refractivity contribution in [2.45, 2.75) is 32.8 Å². The van der Waals surface area contributed by atoms with Crippen LogP contribution in [0, 0.1) is 0 Å². The van der Waals surface area contributed by atoms with E-state index in [4.69, 9.17) is 4.74 Å². The molecular formula is C23H23NO4. The van der Waals surface area contributed by atoms with Crippen molar-refractivity contribution in [1.29, 1.82) is 0 Å². The molecule has 2 N–H and O–H groups in total. The zero-order valence-electron chi connectivity index (χ0n) is 16.1. The topological polar surface area (TPSA) is 75.6 Å². The van der Waals surface area contributed by atoms with Crippen molar-refractivity contribution in [1.82, 2.24) is 0 Å². The van der Waals surface area contributed by atoms with E-state index in [0.29, 0.717) is 11.1 Å². The van der Waals surface area contributed by atoms with Crippen LogP contribution in [-0.4, -0.2) is 23.1 Å². The lowest BCUT2D eigenvalue weighted by molar-refractivity contribution is -0.123. The summed E-state index contributed by atoms with van der Waals surface area (Å²) in [5.41, 5.74) is 1.72. The highest BCUT2D eigenvalue weighted by Gasteiger charge is 2.22. The molecule has 5 nitrogen and oxygen atoms in total. The molecule has 0 fully saturated rings. The maximum Gasteiger partial charge on any atom is 0.342 e. The Balaban J connectivity index is 1.74. The fourth-order valence-corrected chi connectivity index (χ4v) is 3.05. The molecule has 0 aliphatic rings. The monoisotopic (exact) mass is 377 g/mol. The first-order valence-corrected chi connectivity index (χ1v) is 9.20. The number of rotatable bonds is 5. The number of ether oxygens (including phenoxy) is 1. The maximum absolute atomic E-state index is 12.5. The number of carbonyl (C=O) groups is 2. The lowest BCUT2D eigenvalue weighted by Crippen LogP contribution is -2.30. The van der Waals surface area contributed by atoms with E-state index in [0.717, 1.165) is 10.9 Å². The first-order valence-electron chi connectivity index (χ1n) is 9.20. The molecule has 0 radical (unpaired) electrons. The Labute approximate surface area is 164 Å². The highest BCUT2D eigenvalue weighted by molar-refractivity contribution is 6.03. The molecule has 0 aliphatic heterocycles. The standard InChI is InChI=1S/C23H23NO4/c1-14(2)17-9-6-7-11-20(17)24-22(26)15(3)28-23(27)19-13-12-16-8-4-5-10-18(16)21(19)25/h4-15,25H,1-3H3,(H,24,26)/t15-/m1/s1. The molecule has 0 saturated carbocycles. The SMILES string of the molecule is CC(C)c1ccccc1NC(=O)[C@@H](C)OC(=O)c1ccc2ccccc2c1O. The molecule has 0 aliphatic carbocycles. The second kappa shape index (κ2) is 8.13. The molecule has 3 aromatic carbocycles. The van der Waals surface area contributed by atoms with E-state index >= 15 is 0 Å². The van der Waals surface area contributed by atoms with Gasteiger partial charge in [-0.25, -0.2) is 4.79 Å². The summed E-state index contributed by atoms with van der Waals surface area (Å²) in [5.74, 6) is -1.09. The van der Waals surface area contributed by atoms with Gasteiger partial charge in [-0.05, 0) is 35.9 Å². The van der Waals surface area contributed by atoms with Crippen LogP contribution in [0.15, 0.2) is 60.7 Å². The molecule has 3 aromatic rings. The van der Waals surface area contributed by atoms with Crippen LogP contribution in [-0.2, 0) is 9.53 Å². The van der Waals surface area contributed by atoms with E-state index in [1.807, 2.05) is 50.2 Å². The van der Waals surface area contributed by atoms with Gasteiger partial charge in [-0.3, -0.25) is 4.79 Å². The van der Waals surface area contributed by atoms with Gasteiger partial charge >= 0.3 is 5.97 Å². The van der Waals surface area contributed by atoms with Crippen LogP contribution in [0.5, 0.6) is 5.75 Å². The third kappa shape index (κ3) is 3.98. The first kappa shape index (κ1) is 19.4. The van der Waals surface area contributed by atoms with Crippen LogP contribution in [0.3, 0.4) is 0 Å². The van der Waals surface area contributed by atoms with Gasteiger partial charge in [-0.15, -0.1) is 0 Å². The third-order valence-electron chi connectivity index (χ3n) is 4.61. The van der Waals surface area contributed by atoms with Crippen LogP contribution < -0.4 is 5.32 Å². The van der Waals surface area contributed by atoms with Gasteiger partial charge < -0.3 is 15.2 Å². The number of esters is 1. The number of carbonyl (C=O) groups excluding carboxylic acids is 2. The molecule has 0 saturated heterocycles. The van der Waals surface area contributed by atoms with Gasteiger partial charge in [0.05, 0.1) is 0 Å². The van der Waals surface area contributed by atoms with Gasteiger partial charge in [-0.1, -0.05) is 62.4 Å². The van der Waals surface area contributed by atoms with Gasteiger partial charge in [0.25, 0.3) is 5.91 Å². The van der Waals surface area contributed by atoms with Crippen LogP contribution in [0.2, 0.25) is 0 Å². The second-order valence-electron chi connectivity index (χ2n) is 6.96. The predicted molar refractivity (Wildman–Crippen MR) is 110 cm³/mol. The summed E-state index contributed by atoms with van der Waals surface area (Å²) in [6, 6.07) is 17.9. The number of aromatic hydroxyl groups is 1. The fraction of sp³-hybridized carbons (Fsp3) is 0.217. The second-order valence-corrected chi connectivity index (χ2v) is 6.96. The van der Waals surface area contributed by atoms with E-state index in [1.165, 1.54) is 13.0 Å². The Kier molecular flexibility index (Phi) is 5.64. The summed E-state index contributed by atoms with van der Waals surface area (Å²) >= 11 is 0. The average molecular weight is 377 g/mol. The van der Waals surface area contributed by atoms with Crippen molar-refractivity contribution in [3.05, 3.63) is 71.8 Å². The van der Waals surface area contributed by atoms with E-state index in [1.54, 1.807) is 18.2 Å². The third-order valence-corrected chi connectivity index (χ3v) is 4.61. The van der Waals surface area contributed by atoms with E-state index in [-0.39, 0.29) is 17.2 Å². The van der Waals surface area contributed by atoms with Gasteiger partial charge in [0, 0.05) is 11.1 Å². The van der Waals surface area contributed by atoms with E-state index < -0.39 is 18.0 Å². The summed E-state index contributed by atoms with van der Waals surface area (Å²) in [4.78, 5) is 25.0. The zero-order chi connectivity index (χ0) is 20.3. The van der Waals surface area contributed by atoms with Crippen LogP contribution in [0.1, 0.15) is 42.6 Å². The van der Waals surface area contributed by atoms with Crippen LogP contribution in [0.4, 0.5) is 5.69 Å². The molecule has 0 bridgehead atoms. The van der Waals surface area contributed by atoms with Gasteiger partial charge in [-0.2, -0.15) is 0 Å². The smallest absolute Gasteiger partial charge is 0.342 e. The molecule has 0 spiro atoms. The summed E-state index contributed by atoms with van der Waals surface area (Å²) in [7, 11) is 0. The summed E-state index contributed by atoms with van der Waals surface area (Å²) in [5, 5.41) is 14.6. The highest BCUT2D eigenvalue weighted by Crippen LogP contribution is 2.29. The average Bonchev–Trinajstić information content (AvgIpc) is 2.68. The molecule has 1 amide bonds. The summed E-state index contributed by atoms with van der Waals surface area (Å²) in [6.07, 6.45) is -1.02. The molecule has 0 heterocycles. The number of phenolic OH excluding ortho intramolecular Hbond substituents is 1. The Bertz CT molecular complexity index is 1030. The number of hydrogen-bond acceptors (Lipinski definition) is 4. The molecule has 1 atom stereocenters. The van der Waals surface area contributed by atoms with Gasteiger partial charge in [0.15, 0.2) is 6.10 Å². The van der Waals surface area contributed by atoms with Crippen molar-refractivity contribution < 1.29 is 19.4 Å². The largest absolute Gasteiger partial charge is 0.506 e. The number of fused-ring (bicyclic) bond motifs is 1. The Morgan fingerprint density at radius 1 is 0.929 bits per heavy atom. The number of anilines is 1. The predicted octanol–water partition coefficient (Wildman–Crippen LogP) is 4.85. The number of benzene rings is 3. The minimum absolute atomic E-state index is 0.0286. The van der Waals surface area contributed by atoms with Gasteiger partial charge in [0.1, 0.15) is 11.3 Å². The quantitative estimate of drug-likeness (QED) is 0.623. The number of nitrogens with one attached hydrogen (secondary N) is 1. The number of amides is 1. The lowest BCUT2D eigenvalue weighted by Gasteiger charge is -2.17.